The molecule has 0 saturated heterocycles. The first kappa shape index (κ1) is 62.2. The van der Waals surface area contributed by atoms with Gasteiger partial charge in [-0.1, -0.05) is 322 Å². The molecule has 0 N–H and O–H groups in total. The summed E-state index contributed by atoms with van der Waals surface area (Å²) in [7, 11) is 0. The molecule has 0 saturated carbocycles. The Morgan fingerprint density at radius 3 is 0.881 bits per heavy atom. The van der Waals surface area contributed by atoms with Gasteiger partial charge < -0.3 is 18.9 Å². The van der Waals surface area contributed by atoms with Gasteiger partial charge in [-0.15, -0.1) is 0 Å². The summed E-state index contributed by atoms with van der Waals surface area (Å²) in [5, 5.41) is 9.63. The number of para-hydroxylation sites is 4. The third-order valence-corrected chi connectivity index (χ3v) is 23.0. The average Bonchev–Trinajstić information content (AvgIpc) is 1.63. The highest BCUT2D eigenvalue weighted by Crippen LogP contribution is 2.56. The van der Waals surface area contributed by atoms with Gasteiger partial charge in [0.15, 0.2) is 0 Å². The molecule has 18 aromatic carbocycles. The predicted octanol–water partition coefficient (Wildman–Crippen LogP) is 25.9. The average molecular weight is 1380 g/mol. The van der Waals surface area contributed by atoms with Gasteiger partial charge in [-0.25, -0.2) is 0 Å². The van der Waals surface area contributed by atoms with Crippen molar-refractivity contribution in [2.24, 2.45) is 0 Å². The smallest absolute Gasteiger partial charge is 0.252 e. The summed E-state index contributed by atoms with van der Waals surface area (Å²) < 4.78 is 5.05. The molecule has 0 spiro atoms. The third-order valence-electron chi connectivity index (χ3n) is 23.0. The number of fused-ring (bicyclic) bond motifs is 12. The molecule has 20 aromatic rings. The first-order valence-electron chi connectivity index (χ1n) is 37.7. The Hall–Kier alpha value is -14.3. The fourth-order valence-corrected chi connectivity index (χ4v) is 18.3. The van der Waals surface area contributed by atoms with Crippen molar-refractivity contribution in [1.82, 2.24) is 9.13 Å². The lowest BCUT2D eigenvalue weighted by atomic mass is 9.33. The standard InChI is InChI=1S/C104H67BN4/c1-7-31-68(32-8-1)77-60-87(70-35-11-3-12-36-70)103(88(61-77)71-37-13-4-14-38-71)108-97-64-76(101-81-45-21-19-43-74(81)59-75-44-20-22-46-82(75)101)55-57-91(97)105-92-58-56-79(106-93-51-27-23-47-83(93)84-48-24-28-52-94(84)106)65-98(92)109(100-67-80(66-99(108)102(100)105)107-95-53-29-25-49-85(95)86-50-26-30-54-96(86)107)104-89(72-39-15-5-16-40-72)62-78(69-33-9-2-10-34-69)63-90(104)73-41-17-6-18-42-73/h1-67H. The van der Waals surface area contributed by atoms with Crippen LogP contribution in [0.2, 0.25) is 0 Å². The highest BCUT2D eigenvalue weighted by atomic mass is 15.2. The van der Waals surface area contributed by atoms with Crippen LogP contribution in [0.1, 0.15) is 0 Å². The summed E-state index contributed by atoms with van der Waals surface area (Å²) in [4.78, 5) is 5.44. The molecular formula is C104H67BN4. The summed E-state index contributed by atoms with van der Waals surface area (Å²) >= 11 is 0. The van der Waals surface area contributed by atoms with Gasteiger partial charge in [0.25, 0.3) is 6.71 Å². The minimum Gasteiger partial charge on any atom is -0.310 e. The molecule has 2 aromatic heterocycles. The minimum absolute atomic E-state index is 0.312. The normalized spacial score (nSPS) is 12.3. The number of nitrogens with zero attached hydrogens (tertiary/aromatic N) is 4. The van der Waals surface area contributed by atoms with Crippen molar-refractivity contribution in [2.75, 3.05) is 9.80 Å². The van der Waals surface area contributed by atoms with E-state index in [1.807, 2.05) is 0 Å². The molecule has 4 heterocycles. The molecule has 0 aliphatic carbocycles. The molecule has 109 heavy (non-hydrogen) atoms. The molecule has 4 nitrogen and oxygen atoms in total. The van der Waals surface area contributed by atoms with Crippen LogP contribution in [-0.2, 0) is 0 Å². The molecule has 0 bridgehead atoms. The zero-order valence-electron chi connectivity index (χ0n) is 59.5. The van der Waals surface area contributed by atoms with Gasteiger partial charge in [-0.2, -0.15) is 0 Å². The van der Waals surface area contributed by atoms with E-state index in [1.165, 1.54) is 65.0 Å². The molecule has 0 unspecified atom stereocenters. The maximum absolute atomic E-state index is 2.72. The van der Waals surface area contributed by atoms with E-state index < -0.39 is 0 Å². The van der Waals surface area contributed by atoms with Crippen molar-refractivity contribution in [2.45, 2.75) is 0 Å². The number of benzene rings is 18. The van der Waals surface area contributed by atoms with E-state index >= 15 is 0 Å². The molecule has 506 valence electrons. The summed E-state index contributed by atoms with van der Waals surface area (Å²) in [6.07, 6.45) is 0. The van der Waals surface area contributed by atoms with Crippen molar-refractivity contribution >= 4 is 122 Å². The lowest BCUT2D eigenvalue weighted by Gasteiger charge is -2.46. The molecule has 5 heteroatoms. The van der Waals surface area contributed by atoms with E-state index in [-0.39, 0.29) is 6.71 Å². The van der Waals surface area contributed by atoms with Crippen LogP contribution < -0.4 is 26.2 Å². The topological polar surface area (TPSA) is 16.3 Å². The van der Waals surface area contributed by atoms with Gasteiger partial charge in [0.05, 0.1) is 39.1 Å². The van der Waals surface area contributed by atoms with Crippen LogP contribution in [0, 0.1) is 0 Å². The Bertz CT molecular complexity index is 6750. The van der Waals surface area contributed by atoms with Crippen LogP contribution in [-0.4, -0.2) is 15.8 Å². The summed E-state index contributed by atoms with van der Waals surface area (Å²) in [5.41, 5.74) is 32.6. The van der Waals surface area contributed by atoms with Crippen LogP contribution in [0.4, 0.5) is 34.1 Å². The van der Waals surface area contributed by atoms with E-state index in [9.17, 15) is 0 Å². The van der Waals surface area contributed by atoms with Crippen LogP contribution in [0.3, 0.4) is 0 Å². The molecule has 22 rings (SSSR count). The van der Waals surface area contributed by atoms with Gasteiger partial charge in [0.1, 0.15) is 0 Å². The summed E-state index contributed by atoms with van der Waals surface area (Å²) in [6.45, 7) is -0.312. The molecule has 0 fully saturated rings. The highest BCUT2D eigenvalue weighted by Gasteiger charge is 2.46. The SMILES string of the molecule is c1ccc(-c2cc(-c3ccccc3)c(N3c4cc(-c5c6ccccc6cc6ccccc56)ccc4B4c5ccc(-n6c7ccccc7c7ccccc76)cc5N(c5c(-c6ccccc6)cc(-c6ccccc6)cc5-c5ccccc5)c5cc(-n6c7ccccc7c7ccccc76)cc3c54)c(-c3ccccc3)c2)cc1. The maximum atomic E-state index is 2.72. The van der Waals surface area contributed by atoms with Crippen molar-refractivity contribution < 1.29 is 0 Å². The van der Waals surface area contributed by atoms with Crippen LogP contribution in [0.5, 0.6) is 0 Å². The number of anilines is 6. The van der Waals surface area contributed by atoms with E-state index in [1.54, 1.807) is 0 Å². The van der Waals surface area contributed by atoms with Crippen molar-refractivity contribution in [1.29, 1.82) is 0 Å². The molecule has 0 amide bonds. The van der Waals surface area contributed by atoms with Gasteiger partial charge in [-0.3, -0.25) is 0 Å². The minimum atomic E-state index is -0.312. The second kappa shape index (κ2) is 25.2. The Labute approximate surface area is 632 Å². The van der Waals surface area contributed by atoms with Crippen LogP contribution in [0.15, 0.2) is 406 Å². The number of aromatic nitrogens is 2. The third kappa shape index (κ3) is 9.94. The second-order valence-corrected chi connectivity index (χ2v) is 29.0. The van der Waals surface area contributed by atoms with E-state index in [2.05, 4.69) is 425 Å². The van der Waals surface area contributed by atoms with Gasteiger partial charge >= 0.3 is 0 Å². The van der Waals surface area contributed by atoms with Crippen LogP contribution in [0.25, 0.3) is 154 Å². The first-order valence-corrected chi connectivity index (χ1v) is 37.7. The zero-order valence-corrected chi connectivity index (χ0v) is 59.5. The number of hydrogen-bond acceptors (Lipinski definition) is 2. The molecule has 2 aliphatic heterocycles. The molecular weight excluding hydrogens is 1320 g/mol. The van der Waals surface area contributed by atoms with Gasteiger partial charge in [-0.05, 0) is 178 Å². The summed E-state index contributed by atoms with van der Waals surface area (Å²) in [6, 6.07) is 153. The summed E-state index contributed by atoms with van der Waals surface area (Å²) in [5.74, 6) is 0. The number of rotatable bonds is 11. The Morgan fingerprint density at radius 2 is 0.495 bits per heavy atom. The molecule has 0 radical (unpaired) electrons. The fourth-order valence-electron chi connectivity index (χ4n) is 18.3. The predicted molar refractivity (Wildman–Crippen MR) is 462 cm³/mol. The van der Waals surface area contributed by atoms with E-state index in [0.717, 1.165) is 140 Å². The molecule has 2 aliphatic rings. The lowest BCUT2D eigenvalue weighted by Crippen LogP contribution is -2.61. The van der Waals surface area contributed by atoms with Crippen LogP contribution >= 0.6 is 0 Å². The Morgan fingerprint density at radius 1 is 0.193 bits per heavy atom. The van der Waals surface area contributed by atoms with E-state index in [4.69, 9.17) is 0 Å². The first-order chi connectivity index (χ1) is 54.1. The second-order valence-electron chi connectivity index (χ2n) is 29.0. The highest BCUT2D eigenvalue weighted by molar-refractivity contribution is 7.00. The fraction of sp³-hybridized carbons (Fsp3) is 0. The number of hydrogen-bond donors (Lipinski definition) is 0. The Balaban J connectivity index is 0.956. The Kier molecular flexibility index (Phi) is 14.4. The maximum Gasteiger partial charge on any atom is 0.252 e. The van der Waals surface area contributed by atoms with Gasteiger partial charge in [0, 0.05) is 72.2 Å². The van der Waals surface area contributed by atoms with Crippen molar-refractivity contribution in [3.05, 3.63) is 406 Å². The van der Waals surface area contributed by atoms with Gasteiger partial charge in [0.2, 0.25) is 0 Å². The molecule has 0 atom stereocenters. The largest absolute Gasteiger partial charge is 0.310 e. The quantitative estimate of drug-likeness (QED) is 0.0948. The van der Waals surface area contributed by atoms with Crippen molar-refractivity contribution in [3.63, 3.8) is 0 Å². The van der Waals surface area contributed by atoms with Crippen molar-refractivity contribution in [3.8, 4) is 89.3 Å². The zero-order chi connectivity index (χ0) is 71.6. The monoisotopic (exact) mass is 1380 g/mol. The van der Waals surface area contributed by atoms with E-state index in [0.29, 0.717) is 0 Å². The lowest BCUT2D eigenvalue weighted by molar-refractivity contribution is 1.15.